The number of hydrogen-bond acceptors (Lipinski definition) is 5. The van der Waals surface area contributed by atoms with E-state index in [2.05, 4.69) is 12.2 Å². The fourth-order valence-corrected chi connectivity index (χ4v) is 4.08. The third kappa shape index (κ3) is 5.34. The van der Waals surface area contributed by atoms with Crippen LogP contribution in [0.3, 0.4) is 0 Å². The van der Waals surface area contributed by atoms with Gasteiger partial charge in [0.05, 0.1) is 25.8 Å². The van der Waals surface area contributed by atoms with E-state index in [0.717, 1.165) is 39.0 Å². The van der Waals surface area contributed by atoms with Crippen LogP contribution in [0.4, 0.5) is 5.69 Å². The molecule has 1 unspecified atom stereocenters. The lowest BCUT2D eigenvalue weighted by Gasteiger charge is -2.33. The Balaban J connectivity index is 0.00000300. The van der Waals surface area contributed by atoms with Gasteiger partial charge >= 0.3 is 0 Å². The average molecular weight is 426 g/mol. The van der Waals surface area contributed by atoms with Gasteiger partial charge in [0.1, 0.15) is 11.5 Å². The quantitative estimate of drug-likeness (QED) is 0.726. The van der Waals surface area contributed by atoms with Gasteiger partial charge in [-0.15, -0.1) is 12.4 Å². The van der Waals surface area contributed by atoms with Gasteiger partial charge in [-0.3, -0.25) is 9.59 Å². The third-order valence-electron chi connectivity index (χ3n) is 5.76. The summed E-state index contributed by atoms with van der Waals surface area (Å²) in [4.78, 5) is 29.2. The van der Waals surface area contributed by atoms with E-state index in [-0.39, 0.29) is 36.6 Å². The number of anilines is 1. The minimum Gasteiger partial charge on any atom is -0.497 e. The zero-order chi connectivity index (χ0) is 20.1. The first-order chi connectivity index (χ1) is 13.6. The van der Waals surface area contributed by atoms with Crippen molar-refractivity contribution in [3.8, 4) is 11.5 Å². The Morgan fingerprint density at radius 1 is 1.21 bits per heavy atom. The molecule has 2 heterocycles. The minimum atomic E-state index is -0.287. The lowest BCUT2D eigenvalue weighted by Crippen LogP contribution is -2.44. The van der Waals surface area contributed by atoms with Crippen molar-refractivity contribution in [2.24, 2.45) is 11.8 Å². The Morgan fingerprint density at radius 3 is 2.55 bits per heavy atom. The molecule has 2 aliphatic rings. The van der Waals surface area contributed by atoms with E-state index >= 15 is 0 Å². The molecule has 2 aliphatic heterocycles. The normalized spacial score (nSPS) is 19.8. The molecule has 0 aromatic heterocycles. The average Bonchev–Trinajstić information content (AvgIpc) is 3.12. The van der Waals surface area contributed by atoms with Crippen LogP contribution in [0.2, 0.25) is 0 Å². The number of rotatable bonds is 7. The first kappa shape index (κ1) is 23.3. The molecule has 3 rings (SSSR count). The summed E-state index contributed by atoms with van der Waals surface area (Å²) in [5, 5.41) is 3.39. The first-order valence-electron chi connectivity index (χ1n) is 10.1. The van der Waals surface area contributed by atoms with Crippen LogP contribution in [-0.2, 0) is 9.59 Å². The molecule has 0 spiro atoms. The number of halogens is 1. The van der Waals surface area contributed by atoms with E-state index in [9.17, 15) is 9.59 Å². The van der Waals surface area contributed by atoms with Crippen molar-refractivity contribution >= 4 is 29.9 Å². The molecule has 2 saturated heterocycles. The predicted octanol–water partition coefficient (Wildman–Crippen LogP) is 2.33. The SMILES string of the molecule is CCNCC1CCN(C(=O)C2CC(=O)N(c3ccc(OC)cc3OC)C2)CC1.Cl. The summed E-state index contributed by atoms with van der Waals surface area (Å²) in [7, 11) is 3.16. The zero-order valence-electron chi connectivity index (χ0n) is 17.5. The highest BCUT2D eigenvalue weighted by Gasteiger charge is 2.39. The fraction of sp³-hybridized carbons (Fsp3) is 0.619. The lowest BCUT2D eigenvalue weighted by atomic mass is 9.95. The molecule has 162 valence electrons. The van der Waals surface area contributed by atoms with Crippen molar-refractivity contribution in [1.29, 1.82) is 0 Å². The fourth-order valence-electron chi connectivity index (χ4n) is 4.08. The van der Waals surface area contributed by atoms with E-state index in [0.29, 0.717) is 29.6 Å². The second-order valence-electron chi connectivity index (χ2n) is 7.52. The number of carbonyl (C=O) groups is 2. The number of carbonyl (C=O) groups excluding carboxylic acids is 2. The van der Waals surface area contributed by atoms with Crippen molar-refractivity contribution in [3.05, 3.63) is 18.2 Å². The van der Waals surface area contributed by atoms with Crippen molar-refractivity contribution in [3.63, 3.8) is 0 Å². The van der Waals surface area contributed by atoms with Crippen LogP contribution >= 0.6 is 12.4 Å². The number of methoxy groups -OCH3 is 2. The number of benzene rings is 1. The number of ether oxygens (including phenoxy) is 2. The predicted molar refractivity (Wildman–Crippen MR) is 115 cm³/mol. The van der Waals surface area contributed by atoms with E-state index in [1.54, 1.807) is 31.3 Å². The van der Waals surface area contributed by atoms with Gasteiger partial charge in [-0.1, -0.05) is 6.92 Å². The Morgan fingerprint density at radius 2 is 1.93 bits per heavy atom. The molecule has 2 amide bonds. The summed E-state index contributed by atoms with van der Waals surface area (Å²) in [6.45, 7) is 6.08. The highest BCUT2D eigenvalue weighted by Crippen LogP contribution is 2.36. The topological polar surface area (TPSA) is 71.1 Å². The molecule has 0 aliphatic carbocycles. The second-order valence-corrected chi connectivity index (χ2v) is 7.52. The van der Waals surface area contributed by atoms with E-state index < -0.39 is 0 Å². The highest BCUT2D eigenvalue weighted by molar-refractivity contribution is 6.01. The van der Waals surface area contributed by atoms with Gasteiger partial charge in [-0.05, 0) is 44.0 Å². The maximum Gasteiger partial charge on any atom is 0.228 e. The molecular weight excluding hydrogens is 394 g/mol. The van der Waals surface area contributed by atoms with Crippen molar-refractivity contribution in [2.75, 3.05) is 51.8 Å². The third-order valence-corrected chi connectivity index (χ3v) is 5.76. The van der Waals surface area contributed by atoms with Gasteiger partial charge in [-0.2, -0.15) is 0 Å². The second kappa shape index (κ2) is 10.7. The Kier molecular flexibility index (Phi) is 8.59. The standard InChI is InChI=1S/C21H31N3O4.ClH/c1-4-22-13-15-7-9-23(10-8-15)21(26)16-11-20(25)24(14-16)18-6-5-17(27-2)12-19(18)28-3;/h5-6,12,15-16,22H,4,7-11,13-14H2,1-3H3;1H. The van der Waals surface area contributed by atoms with Gasteiger partial charge in [-0.25, -0.2) is 0 Å². The molecular formula is C21H32ClN3O4. The molecule has 0 saturated carbocycles. The molecule has 1 aromatic carbocycles. The van der Waals surface area contributed by atoms with E-state index in [1.807, 2.05) is 11.0 Å². The molecule has 7 nitrogen and oxygen atoms in total. The van der Waals surface area contributed by atoms with Crippen LogP contribution in [0.15, 0.2) is 18.2 Å². The Hall–Kier alpha value is -1.99. The summed E-state index contributed by atoms with van der Waals surface area (Å²) >= 11 is 0. The number of nitrogens with one attached hydrogen (secondary N) is 1. The molecule has 29 heavy (non-hydrogen) atoms. The highest BCUT2D eigenvalue weighted by atomic mass is 35.5. The molecule has 8 heteroatoms. The van der Waals surface area contributed by atoms with Crippen LogP contribution < -0.4 is 19.7 Å². The van der Waals surface area contributed by atoms with Crippen molar-refractivity contribution in [1.82, 2.24) is 10.2 Å². The Bertz CT molecular complexity index is 707. The lowest BCUT2D eigenvalue weighted by molar-refractivity contribution is -0.137. The number of nitrogens with zero attached hydrogens (tertiary/aromatic N) is 2. The van der Waals surface area contributed by atoms with Gasteiger partial charge in [0.15, 0.2) is 0 Å². The Labute approximate surface area is 179 Å². The van der Waals surface area contributed by atoms with Crippen LogP contribution in [0.1, 0.15) is 26.2 Å². The van der Waals surface area contributed by atoms with Gasteiger partial charge in [0.2, 0.25) is 11.8 Å². The maximum atomic E-state index is 13.0. The summed E-state index contributed by atoms with van der Waals surface area (Å²) in [6, 6.07) is 5.37. The van der Waals surface area contributed by atoms with Crippen LogP contribution in [0.25, 0.3) is 0 Å². The van der Waals surface area contributed by atoms with Crippen molar-refractivity contribution in [2.45, 2.75) is 26.2 Å². The maximum absolute atomic E-state index is 13.0. The molecule has 0 bridgehead atoms. The molecule has 1 atom stereocenters. The molecule has 2 fully saturated rings. The van der Waals surface area contributed by atoms with Crippen LogP contribution in [-0.4, -0.2) is 63.7 Å². The number of piperidine rings is 1. The number of hydrogen-bond donors (Lipinski definition) is 1. The number of amides is 2. The van der Waals surface area contributed by atoms with Crippen LogP contribution in [0.5, 0.6) is 11.5 Å². The monoisotopic (exact) mass is 425 g/mol. The largest absolute Gasteiger partial charge is 0.497 e. The summed E-state index contributed by atoms with van der Waals surface area (Å²) in [5.41, 5.74) is 0.688. The zero-order valence-corrected chi connectivity index (χ0v) is 18.3. The van der Waals surface area contributed by atoms with E-state index in [1.165, 1.54) is 0 Å². The van der Waals surface area contributed by atoms with E-state index in [4.69, 9.17) is 9.47 Å². The molecule has 0 radical (unpaired) electrons. The van der Waals surface area contributed by atoms with Crippen LogP contribution in [0, 0.1) is 11.8 Å². The summed E-state index contributed by atoms with van der Waals surface area (Å²) in [6.07, 6.45) is 2.30. The van der Waals surface area contributed by atoms with Crippen molar-refractivity contribution < 1.29 is 19.1 Å². The smallest absolute Gasteiger partial charge is 0.228 e. The summed E-state index contributed by atoms with van der Waals surface area (Å²) < 4.78 is 10.7. The van der Waals surface area contributed by atoms with Gasteiger partial charge < -0.3 is 24.6 Å². The molecule has 1 N–H and O–H groups in total. The van der Waals surface area contributed by atoms with Gasteiger partial charge in [0, 0.05) is 32.1 Å². The van der Waals surface area contributed by atoms with Gasteiger partial charge in [0.25, 0.3) is 0 Å². The number of likely N-dealkylation sites (tertiary alicyclic amines) is 1. The first-order valence-corrected chi connectivity index (χ1v) is 10.1. The molecule has 1 aromatic rings. The summed E-state index contributed by atoms with van der Waals surface area (Å²) in [5.74, 6) is 1.65. The minimum absolute atomic E-state index is 0.